The monoisotopic (exact) mass is 195 g/mol. The Labute approximate surface area is 100 Å². The molecule has 0 N–H and O–H groups in total. The highest BCUT2D eigenvalue weighted by atomic mass is 14.7. The van der Waals surface area contributed by atoms with Crippen LogP contribution in [0.2, 0.25) is 0 Å². The second kappa shape index (κ2) is 4.25. The third-order valence-electron chi connectivity index (χ3n) is 2.39. The first-order valence-electron chi connectivity index (χ1n) is 4.76. The number of nitrogens with zero attached hydrogens (tertiary/aromatic N) is 1. The van der Waals surface area contributed by atoms with Crippen LogP contribution in [-0.2, 0) is 0 Å². The molecule has 0 aliphatic rings. The van der Waals surface area contributed by atoms with Crippen LogP contribution in [0.5, 0.6) is 0 Å². The Hall–Kier alpha value is -1.37. The average Bonchev–Trinajstić information content (AvgIpc) is 2.28. The normalized spacial score (nSPS) is 10.2. The summed E-state index contributed by atoms with van der Waals surface area (Å²) in [7, 11) is 23.0. The van der Waals surface area contributed by atoms with E-state index >= 15 is 0 Å². The summed E-state index contributed by atoms with van der Waals surface area (Å²) < 4.78 is 0. The third kappa shape index (κ3) is 1.82. The molecule has 0 bridgehead atoms. The zero-order valence-electron chi connectivity index (χ0n) is 8.64. The molecule has 1 heterocycles. The van der Waals surface area contributed by atoms with Gasteiger partial charge in [0.1, 0.15) is 31.4 Å². The number of aromatic nitrogens is 1. The van der Waals surface area contributed by atoms with Crippen molar-refractivity contribution in [2.75, 3.05) is 0 Å². The fourth-order valence-electron chi connectivity index (χ4n) is 1.57. The molecule has 0 unspecified atom stereocenters. The summed E-state index contributed by atoms with van der Waals surface area (Å²) >= 11 is 0. The molecule has 1 nitrogen and oxygen atoms in total. The standard InChI is InChI=1S/C11H5B4N/c12-8-7(6-4-2-1-3-5-6)9(13)11(15)16-10(8)14/h1-5H. The summed E-state index contributed by atoms with van der Waals surface area (Å²) in [4.78, 5) is 3.86. The molecule has 0 aliphatic heterocycles. The Bertz CT molecular complexity index is 499. The lowest BCUT2D eigenvalue weighted by Gasteiger charge is -2.16. The van der Waals surface area contributed by atoms with Gasteiger partial charge in [-0.05, 0) is 22.3 Å². The molecule has 0 aliphatic carbocycles. The molecule has 1 aromatic carbocycles. The van der Waals surface area contributed by atoms with E-state index in [2.05, 4.69) is 4.98 Å². The third-order valence-corrected chi connectivity index (χ3v) is 2.39. The molecule has 8 radical (unpaired) electrons. The van der Waals surface area contributed by atoms with E-state index in [-0.39, 0.29) is 11.2 Å². The minimum Gasteiger partial charge on any atom is -0.282 e. The van der Waals surface area contributed by atoms with E-state index in [9.17, 15) is 0 Å². The minimum atomic E-state index is 0.200. The summed E-state index contributed by atoms with van der Waals surface area (Å²) in [5, 5.41) is 0. The molecule has 1 aromatic heterocycles. The smallest absolute Gasteiger partial charge is 0.140 e. The summed E-state index contributed by atoms with van der Waals surface area (Å²) in [5.74, 6) is 0. The van der Waals surface area contributed by atoms with Gasteiger partial charge in [-0.1, -0.05) is 41.3 Å². The minimum absolute atomic E-state index is 0.200. The highest BCUT2D eigenvalue weighted by Crippen LogP contribution is 2.11. The van der Waals surface area contributed by atoms with Gasteiger partial charge in [-0.25, -0.2) is 0 Å². The van der Waals surface area contributed by atoms with Crippen LogP contribution in [0.25, 0.3) is 11.1 Å². The average molecular weight is 194 g/mol. The number of benzene rings is 1. The van der Waals surface area contributed by atoms with Crippen molar-refractivity contribution in [2.45, 2.75) is 0 Å². The van der Waals surface area contributed by atoms with Crippen LogP contribution in [0.3, 0.4) is 0 Å². The van der Waals surface area contributed by atoms with Gasteiger partial charge in [-0.15, -0.1) is 0 Å². The molecule has 0 amide bonds. The number of pyridine rings is 1. The SMILES string of the molecule is [B]c1nc([B])c([B])c(-c2ccccc2)c1[B]. The van der Waals surface area contributed by atoms with Gasteiger partial charge in [0, 0.05) is 0 Å². The van der Waals surface area contributed by atoms with Crippen LogP contribution in [-0.4, -0.2) is 36.4 Å². The summed E-state index contributed by atoms with van der Waals surface area (Å²) in [5.41, 5.74) is 2.64. The van der Waals surface area contributed by atoms with Gasteiger partial charge >= 0.3 is 0 Å². The van der Waals surface area contributed by atoms with Crippen LogP contribution in [0.4, 0.5) is 0 Å². The maximum Gasteiger partial charge on any atom is 0.140 e. The molecule has 0 fully saturated rings. The quantitative estimate of drug-likeness (QED) is 0.475. The van der Waals surface area contributed by atoms with E-state index in [0.717, 1.165) is 5.56 Å². The van der Waals surface area contributed by atoms with Crippen molar-refractivity contribution in [3.05, 3.63) is 30.3 Å². The van der Waals surface area contributed by atoms with Crippen molar-refractivity contribution in [2.24, 2.45) is 0 Å². The van der Waals surface area contributed by atoms with Crippen molar-refractivity contribution in [1.82, 2.24) is 4.98 Å². The number of hydrogen-bond acceptors (Lipinski definition) is 1. The fourth-order valence-corrected chi connectivity index (χ4v) is 1.57. The van der Waals surface area contributed by atoms with E-state index < -0.39 is 0 Å². The molecule has 0 spiro atoms. The first-order chi connectivity index (χ1) is 7.61. The molecule has 0 atom stereocenters. The van der Waals surface area contributed by atoms with Crippen LogP contribution in [0.15, 0.2) is 30.3 Å². The van der Waals surface area contributed by atoms with Crippen molar-refractivity contribution < 1.29 is 0 Å². The van der Waals surface area contributed by atoms with Crippen LogP contribution >= 0.6 is 0 Å². The number of rotatable bonds is 1. The molecule has 0 saturated carbocycles. The van der Waals surface area contributed by atoms with E-state index in [0.29, 0.717) is 16.5 Å². The maximum absolute atomic E-state index is 5.86. The highest BCUT2D eigenvalue weighted by molar-refractivity contribution is 6.57. The first-order valence-corrected chi connectivity index (χ1v) is 4.76. The summed E-state index contributed by atoms with van der Waals surface area (Å²) in [6.45, 7) is 0. The van der Waals surface area contributed by atoms with Gasteiger partial charge < -0.3 is 0 Å². The van der Waals surface area contributed by atoms with Crippen molar-refractivity contribution in [1.29, 1.82) is 0 Å². The van der Waals surface area contributed by atoms with Crippen molar-refractivity contribution >= 4 is 53.5 Å². The van der Waals surface area contributed by atoms with Crippen molar-refractivity contribution in [3.8, 4) is 11.1 Å². The molecule has 5 heteroatoms. The molecule has 16 heavy (non-hydrogen) atoms. The molecule has 2 rings (SSSR count). The van der Waals surface area contributed by atoms with Gasteiger partial charge in [-0.3, -0.25) is 4.98 Å². The zero-order chi connectivity index (χ0) is 11.7. The van der Waals surface area contributed by atoms with Crippen LogP contribution < -0.4 is 22.1 Å². The van der Waals surface area contributed by atoms with Gasteiger partial charge in [0.15, 0.2) is 0 Å². The molecular formula is C11H5B4N. The number of hydrogen-bond donors (Lipinski definition) is 0. The molecule has 0 saturated heterocycles. The molecule has 2 aromatic rings. The Morgan fingerprint density at radius 1 is 0.750 bits per heavy atom. The second-order valence-electron chi connectivity index (χ2n) is 3.45. The molecule has 66 valence electrons. The highest BCUT2D eigenvalue weighted by Gasteiger charge is 2.09. The summed E-state index contributed by atoms with van der Waals surface area (Å²) in [6.07, 6.45) is 0. The summed E-state index contributed by atoms with van der Waals surface area (Å²) in [6, 6.07) is 9.47. The van der Waals surface area contributed by atoms with Gasteiger partial charge in [-0.2, -0.15) is 0 Å². The fraction of sp³-hybridized carbons (Fsp3) is 0. The Kier molecular flexibility index (Phi) is 2.95. The maximum atomic E-state index is 5.86. The predicted octanol–water partition coefficient (Wildman–Crippen LogP) is -2.08. The lowest BCUT2D eigenvalue weighted by atomic mass is 9.71. The first kappa shape index (κ1) is 11.1. The van der Waals surface area contributed by atoms with Gasteiger partial charge in [0.05, 0.1) is 0 Å². The van der Waals surface area contributed by atoms with E-state index in [1.54, 1.807) is 0 Å². The Balaban J connectivity index is 2.74. The Morgan fingerprint density at radius 2 is 1.25 bits per heavy atom. The van der Waals surface area contributed by atoms with Gasteiger partial charge in [0.25, 0.3) is 0 Å². The largest absolute Gasteiger partial charge is 0.282 e. The van der Waals surface area contributed by atoms with E-state index in [4.69, 9.17) is 31.4 Å². The Morgan fingerprint density at radius 3 is 1.75 bits per heavy atom. The topological polar surface area (TPSA) is 12.9 Å². The predicted molar refractivity (Wildman–Crippen MR) is 71.2 cm³/mol. The van der Waals surface area contributed by atoms with Crippen molar-refractivity contribution in [3.63, 3.8) is 0 Å². The van der Waals surface area contributed by atoms with E-state index in [1.165, 1.54) is 0 Å². The lowest BCUT2D eigenvalue weighted by Crippen LogP contribution is -2.45. The van der Waals surface area contributed by atoms with Crippen LogP contribution in [0.1, 0.15) is 0 Å². The van der Waals surface area contributed by atoms with Gasteiger partial charge in [0.2, 0.25) is 0 Å². The van der Waals surface area contributed by atoms with E-state index in [1.807, 2.05) is 30.3 Å². The van der Waals surface area contributed by atoms with Crippen LogP contribution in [0, 0.1) is 0 Å². The molecular weight excluding hydrogens is 189 g/mol. The lowest BCUT2D eigenvalue weighted by molar-refractivity contribution is 1.49. The zero-order valence-corrected chi connectivity index (χ0v) is 8.64. The second-order valence-corrected chi connectivity index (χ2v) is 3.45.